The number of nitrogens with one attached hydrogen (secondary N) is 1. The van der Waals surface area contributed by atoms with E-state index in [0.29, 0.717) is 32.6 Å². The lowest BCUT2D eigenvalue weighted by atomic mass is 10.1. The summed E-state index contributed by atoms with van der Waals surface area (Å²) in [6, 6.07) is 11.3. The highest BCUT2D eigenvalue weighted by Crippen LogP contribution is 2.31. The van der Waals surface area contributed by atoms with Gasteiger partial charge in [0.25, 0.3) is 5.56 Å². The van der Waals surface area contributed by atoms with Crippen LogP contribution in [0.1, 0.15) is 23.3 Å². The topological polar surface area (TPSA) is 90.3 Å². The van der Waals surface area contributed by atoms with E-state index in [4.69, 9.17) is 4.74 Å². The van der Waals surface area contributed by atoms with E-state index < -0.39 is 17.9 Å². The zero-order valence-electron chi connectivity index (χ0n) is 17.2. The smallest absolute Gasteiger partial charge is 0.337 e. The molecule has 2 aromatic carbocycles. The number of anilines is 1. The SMILES string of the molecule is COC(=O)c1cccc(NC(=O)C(C)n2cnc3scc(-c4ccc(F)cc4)c3c2=O)c1. The number of halogens is 1. The quantitative estimate of drug-likeness (QED) is 0.458. The van der Waals surface area contributed by atoms with Gasteiger partial charge in [-0.2, -0.15) is 0 Å². The molecule has 1 amide bonds. The van der Waals surface area contributed by atoms with Crippen molar-refractivity contribution in [2.24, 2.45) is 0 Å². The number of benzene rings is 2. The number of hydrogen-bond acceptors (Lipinski definition) is 6. The maximum atomic E-state index is 13.3. The molecular formula is C23H18FN3O4S. The van der Waals surface area contributed by atoms with Crippen LogP contribution in [0.15, 0.2) is 65.0 Å². The summed E-state index contributed by atoms with van der Waals surface area (Å²) in [5.41, 5.74) is 1.64. The van der Waals surface area contributed by atoms with Gasteiger partial charge in [-0.1, -0.05) is 18.2 Å². The Kier molecular flexibility index (Phi) is 5.83. The van der Waals surface area contributed by atoms with Gasteiger partial charge in [-0.25, -0.2) is 14.2 Å². The van der Waals surface area contributed by atoms with Gasteiger partial charge in [-0.15, -0.1) is 11.3 Å². The molecule has 0 radical (unpaired) electrons. The summed E-state index contributed by atoms with van der Waals surface area (Å²) in [6.45, 7) is 1.58. The van der Waals surface area contributed by atoms with E-state index in [1.54, 1.807) is 42.6 Å². The number of aromatic nitrogens is 2. The fourth-order valence-electron chi connectivity index (χ4n) is 3.28. The van der Waals surface area contributed by atoms with Gasteiger partial charge in [0.05, 0.1) is 24.4 Å². The average Bonchev–Trinajstić information content (AvgIpc) is 3.24. The van der Waals surface area contributed by atoms with E-state index in [-0.39, 0.29) is 11.4 Å². The van der Waals surface area contributed by atoms with Gasteiger partial charge in [0.15, 0.2) is 0 Å². The minimum absolute atomic E-state index is 0.292. The first-order valence-corrected chi connectivity index (χ1v) is 10.5. The summed E-state index contributed by atoms with van der Waals surface area (Å²) in [6.07, 6.45) is 1.34. The van der Waals surface area contributed by atoms with Crippen LogP contribution in [0.3, 0.4) is 0 Å². The maximum Gasteiger partial charge on any atom is 0.337 e. The molecule has 0 spiro atoms. The van der Waals surface area contributed by atoms with E-state index in [9.17, 15) is 18.8 Å². The highest BCUT2D eigenvalue weighted by atomic mass is 32.1. The van der Waals surface area contributed by atoms with E-state index >= 15 is 0 Å². The predicted octanol–water partition coefficient (Wildman–Crippen LogP) is 4.25. The molecule has 0 saturated heterocycles. The highest BCUT2D eigenvalue weighted by Gasteiger charge is 2.21. The third-order valence-electron chi connectivity index (χ3n) is 5.02. The number of ether oxygens (including phenoxy) is 1. The van der Waals surface area contributed by atoms with E-state index in [2.05, 4.69) is 10.3 Å². The molecule has 4 rings (SSSR count). The molecule has 1 unspecified atom stereocenters. The number of esters is 1. The zero-order chi connectivity index (χ0) is 22.8. The summed E-state index contributed by atoms with van der Waals surface area (Å²) >= 11 is 1.30. The molecular weight excluding hydrogens is 433 g/mol. The summed E-state index contributed by atoms with van der Waals surface area (Å²) in [5.74, 6) is -1.34. The van der Waals surface area contributed by atoms with Crippen LogP contribution in [0.4, 0.5) is 10.1 Å². The summed E-state index contributed by atoms with van der Waals surface area (Å²) in [7, 11) is 1.27. The van der Waals surface area contributed by atoms with Crippen LogP contribution in [0.25, 0.3) is 21.3 Å². The summed E-state index contributed by atoms with van der Waals surface area (Å²) in [4.78, 5) is 42.6. The first-order valence-electron chi connectivity index (χ1n) is 9.62. The third kappa shape index (κ3) is 4.02. The van der Waals surface area contributed by atoms with Crippen molar-refractivity contribution in [3.8, 4) is 11.1 Å². The number of methoxy groups -OCH3 is 1. The van der Waals surface area contributed by atoms with Crippen molar-refractivity contribution < 1.29 is 18.7 Å². The Morgan fingerprint density at radius 3 is 2.66 bits per heavy atom. The van der Waals surface area contributed by atoms with Crippen LogP contribution in [0, 0.1) is 5.82 Å². The zero-order valence-corrected chi connectivity index (χ0v) is 18.0. The number of rotatable bonds is 5. The Morgan fingerprint density at radius 1 is 1.19 bits per heavy atom. The van der Waals surface area contributed by atoms with Crippen LogP contribution in [-0.2, 0) is 9.53 Å². The van der Waals surface area contributed by atoms with E-state index in [0.717, 1.165) is 0 Å². The van der Waals surface area contributed by atoms with Gasteiger partial charge < -0.3 is 10.1 Å². The Hall–Kier alpha value is -3.85. The Labute approximate surface area is 186 Å². The molecule has 0 aliphatic carbocycles. The van der Waals surface area contributed by atoms with Crippen molar-refractivity contribution in [1.82, 2.24) is 9.55 Å². The third-order valence-corrected chi connectivity index (χ3v) is 5.91. The number of hydrogen-bond donors (Lipinski definition) is 1. The molecule has 0 aliphatic heterocycles. The molecule has 32 heavy (non-hydrogen) atoms. The molecule has 2 aromatic heterocycles. The molecule has 0 fully saturated rings. The minimum Gasteiger partial charge on any atom is -0.465 e. The number of thiophene rings is 1. The summed E-state index contributed by atoms with van der Waals surface area (Å²) < 4.78 is 19.2. The first-order chi connectivity index (χ1) is 15.4. The average molecular weight is 451 g/mol. The van der Waals surface area contributed by atoms with Gasteiger partial charge in [-0.05, 0) is 42.8 Å². The maximum absolute atomic E-state index is 13.3. The molecule has 162 valence electrons. The second-order valence-electron chi connectivity index (χ2n) is 7.03. The van der Waals surface area contributed by atoms with Gasteiger partial charge in [0.2, 0.25) is 5.91 Å². The lowest BCUT2D eigenvalue weighted by molar-refractivity contribution is -0.118. The normalized spacial score (nSPS) is 11.8. The minimum atomic E-state index is -0.873. The standard InChI is InChI=1S/C23H18FN3O4S/c1-13(20(28)26-17-5-3-4-15(10-17)23(30)31-2)27-12-25-21-19(22(27)29)18(11-32-21)14-6-8-16(24)9-7-14/h3-13H,1-2H3,(H,26,28). The van der Waals surface area contributed by atoms with Crippen LogP contribution in [0.5, 0.6) is 0 Å². The fourth-order valence-corrected chi connectivity index (χ4v) is 4.18. The number of nitrogens with zero attached hydrogens (tertiary/aromatic N) is 2. The van der Waals surface area contributed by atoms with Crippen molar-refractivity contribution in [3.05, 3.63) is 82.0 Å². The van der Waals surface area contributed by atoms with Crippen LogP contribution >= 0.6 is 11.3 Å². The predicted molar refractivity (Wildman–Crippen MR) is 120 cm³/mol. The molecule has 0 bridgehead atoms. The van der Waals surface area contributed by atoms with Crippen molar-refractivity contribution in [1.29, 1.82) is 0 Å². The van der Waals surface area contributed by atoms with Gasteiger partial charge >= 0.3 is 5.97 Å². The molecule has 9 heteroatoms. The Morgan fingerprint density at radius 2 is 1.94 bits per heavy atom. The molecule has 0 saturated carbocycles. The largest absolute Gasteiger partial charge is 0.465 e. The van der Waals surface area contributed by atoms with Crippen LogP contribution < -0.4 is 10.9 Å². The van der Waals surface area contributed by atoms with Crippen LogP contribution in [-0.4, -0.2) is 28.5 Å². The molecule has 7 nitrogen and oxygen atoms in total. The van der Waals surface area contributed by atoms with Crippen molar-refractivity contribution >= 4 is 39.1 Å². The number of carbonyl (C=O) groups excluding carboxylic acids is 2. The lowest BCUT2D eigenvalue weighted by Gasteiger charge is -2.15. The van der Waals surface area contributed by atoms with Crippen molar-refractivity contribution in [3.63, 3.8) is 0 Å². The number of carbonyl (C=O) groups is 2. The lowest BCUT2D eigenvalue weighted by Crippen LogP contribution is -2.31. The van der Waals surface area contributed by atoms with E-state index in [1.807, 2.05) is 0 Å². The second kappa shape index (κ2) is 8.72. The van der Waals surface area contributed by atoms with Crippen molar-refractivity contribution in [2.75, 3.05) is 12.4 Å². The Balaban J connectivity index is 1.66. The molecule has 1 atom stereocenters. The first kappa shape index (κ1) is 21.4. The molecule has 1 N–H and O–H groups in total. The van der Waals surface area contributed by atoms with Gasteiger partial charge in [0.1, 0.15) is 16.7 Å². The number of amides is 1. The van der Waals surface area contributed by atoms with Crippen molar-refractivity contribution in [2.45, 2.75) is 13.0 Å². The monoisotopic (exact) mass is 451 g/mol. The summed E-state index contributed by atoms with van der Waals surface area (Å²) in [5, 5.41) is 4.87. The fraction of sp³-hybridized carbons (Fsp3) is 0.130. The Bertz CT molecular complexity index is 1380. The van der Waals surface area contributed by atoms with E-state index in [1.165, 1.54) is 47.5 Å². The highest BCUT2D eigenvalue weighted by molar-refractivity contribution is 7.17. The molecule has 4 aromatic rings. The molecule has 0 aliphatic rings. The molecule has 2 heterocycles. The second-order valence-corrected chi connectivity index (χ2v) is 7.89. The van der Waals surface area contributed by atoms with Crippen LogP contribution in [0.2, 0.25) is 0 Å². The number of fused-ring (bicyclic) bond motifs is 1. The van der Waals surface area contributed by atoms with Gasteiger partial charge in [0, 0.05) is 16.6 Å². The van der Waals surface area contributed by atoms with Gasteiger partial charge in [-0.3, -0.25) is 14.2 Å².